The molecule has 0 aliphatic heterocycles. The number of rotatable bonds is 6. The summed E-state index contributed by atoms with van der Waals surface area (Å²) < 4.78 is 0. The van der Waals surface area contributed by atoms with Gasteiger partial charge in [0.25, 0.3) is 5.91 Å². The van der Waals surface area contributed by atoms with Crippen molar-refractivity contribution in [2.75, 3.05) is 6.54 Å². The van der Waals surface area contributed by atoms with Gasteiger partial charge in [-0.25, -0.2) is 0 Å². The summed E-state index contributed by atoms with van der Waals surface area (Å²) in [4.78, 5) is 24.1. The zero-order valence-corrected chi connectivity index (χ0v) is 14.2. The zero-order chi connectivity index (χ0) is 17.7. The molecule has 0 fully saturated rings. The van der Waals surface area contributed by atoms with Gasteiger partial charge in [-0.2, -0.15) is 0 Å². The molecule has 2 rings (SSSR count). The Bertz CT molecular complexity index is 707. The minimum Gasteiger partial charge on any atom is -0.481 e. The van der Waals surface area contributed by atoms with Crippen LogP contribution in [-0.4, -0.2) is 23.5 Å². The number of carboxylic acids is 1. The van der Waals surface area contributed by atoms with E-state index in [4.69, 9.17) is 0 Å². The summed E-state index contributed by atoms with van der Waals surface area (Å²) in [5, 5.41) is 12.4. The highest BCUT2D eigenvalue weighted by atomic mass is 16.4. The molecule has 24 heavy (non-hydrogen) atoms. The van der Waals surface area contributed by atoms with Gasteiger partial charge in [-0.15, -0.1) is 0 Å². The van der Waals surface area contributed by atoms with E-state index in [9.17, 15) is 14.7 Å². The van der Waals surface area contributed by atoms with Gasteiger partial charge in [0.2, 0.25) is 0 Å². The van der Waals surface area contributed by atoms with Crippen molar-refractivity contribution in [1.29, 1.82) is 0 Å². The van der Waals surface area contributed by atoms with Crippen LogP contribution >= 0.6 is 0 Å². The molecule has 0 radical (unpaired) electrons. The van der Waals surface area contributed by atoms with Crippen LogP contribution in [0.1, 0.15) is 48.2 Å². The first kappa shape index (κ1) is 17.7. The second-order valence-electron chi connectivity index (χ2n) is 6.46. The van der Waals surface area contributed by atoms with Gasteiger partial charge in [0, 0.05) is 12.1 Å². The van der Waals surface area contributed by atoms with Crippen LogP contribution < -0.4 is 5.32 Å². The van der Waals surface area contributed by atoms with Crippen LogP contribution in [0.2, 0.25) is 0 Å². The second kappa shape index (κ2) is 7.30. The van der Waals surface area contributed by atoms with Gasteiger partial charge in [0.05, 0.1) is 0 Å². The van der Waals surface area contributed by atoms with E-state index in [1.807, 2.05) is 18.2 Å². The number of carboxylic acid groups (broad SMARTS) is 1. The minimum atomic E-state index is -1.17. The van der Waals surface area contributed by atoms with Crippen molar-refractivity contribution in [1.82, 2.24) is 5.32 Å². The molecule has 0 aliphatic carbocycles. The zero-order valence-electron chi connectivity index (χ0n) is 14.2. The molecule has 1 atom stereocenters. The van der Waals surface area contributed by atoms with Gasteiger partial charge in [0.1, 0.15) is 5.41 Å². The third-order valence-electron chi connectivity index (χ3n) is 4.32. The summed E-state index contributed by atoms with van der Waals surface area (Å²) in [5.74, 6) is -0.839. The molecule has 0 saturated carbocycles. The number of hydrogen-bond acceptors (Lipinski definition) is 2. The lowest BCUT2D eigenvalue weighted by Crippen LogP contribution is -2.44. The van der Waals surface area contributed by atoms with E-state index in [1.54, 1.807) is 43.3 Å². The second-order valence-corrected chi connectivity index (χ2v) is 6.46. The van der Waals surface area contributed by atoms with Gasteiger partial charge < -0.3 is 10.4 Å². The fourth-order valence-corrected chi connectivity index (χ4v) is 2.49. The highest BCUT2D eigenvalue weighted by Gasteiger charge is 2.35. The van der Waals surface area contributed by atoms with E-state index in [-0.39, 0.29) is 12.5 Å². The Kier molecular flexibility index (Phi) is 5.39. The number of aliphatic carboxylic acids is 1. The van der Waals surface area contributed by atoms with Crippen molar-refractivity contribution in [3.8, 4) is 0 Å². The van der Waals surface area contributed by atoms with Crippen LogP contribution in [0.4, 0.5) is 0 Å². The van der Waals surface area contributed by atoms with Crippen molar-refractivity contribution in [3.05, 3.63) is 71.3 Å². The van der Waals surface area contributed by atoms with Crippen molar-refractivity contribution in [2.45, 2.75) is 32.1 Å². The number of hydrogen-bond donors (Lipinski definition) is 2. The Morgan fingerprint density at radius 2 is 1.62 bits per heavy atom. The molecule has 0 saturated heterocycles. The predicted molar refractivity (Wildman–Crippen MR) is 94.3 cm³/mol. The maximum absolute atomic E-state index is 12.3. The number of carbonyl (C=O) groups excluding carboxylic acids is 1. The molecular weight excluding hydrogens is 302 g/mol. The van der Waals surface area contributed by atoms with Crippen molar-refractivity contribution < 1.29 is 14.7 Å². The molecule has 126 valence electrons. The molecule has 4 nitrogen and oxygen atoms in total. The van der Waals surface area contributed by atoms with Crippen LogP contribution in [0.3, 0.4) is 0 Å². The van der Waals surface area contributed by atoms with Crippen LogP contribution in [-0.2, 0) is 10.2 Å². The molecule has 1 amide bonds. The standard InChI is InChI=1S/C20H23NO3/c1-14(2)15-9-11-16(12-10-15)18(22)21-13-20(3,19(23)24)17-7-5-4-6-8-17/h4-12,14H,13H2,1-3H3,(H,21,22)(H,23,24). The highest BCUT2D eigenvalue weighted by molar-refractivity contribution is 5.95. The average Bonchev–Trinajstić information content (AvgIpc) is 2.60. The molecule has 0 heterocycles. The van der Waals surface area contributed by atoms with E-state index in [2.05, 4.69) is 19.2 Å². The Hall–Kier alpha value is -2.62. The van der Waals surface area contributed by atoms with E-state index >= 15 is 0 Å². The summed E-state index contributed by atoms with van der Waals surface area (Å²) in [6.45, 7) is 5.82. The largest absolute Gasteiger partial charge is 0.481 e. The average molecular weight is 325 g/mol. The highest BCUT2D eigenvalue weighted by Crippen LogP contribution is 2.23. The fourth-order valence-electron chi connectivity index (χ4n) is 2.49. The lowest BCUT2D eigenvalue weighted by molar-refractivity contribution is -0.142. The normalized spacial score (nSPS) is 13.3. The van der Waals surface area contributed by atoms with Crippen molar-refractivity contribution in [3.63, 3.8) is 0 Å². The summed E-state index contributed by atoms with van der Waals surface area (Å²) in [7, 11) is 0. The van der Waals surface area contributed by atoms with Gasteiger partial charge in [-0.3, -0.25) is 9.59 Å². The quantitative estimate of drug-likeness (QED) is 0.853. The summed E-state index contributed by atoms with van der Waals surface area (Å²) in [5.41, 5.74) is 1.17. The Morgan fingerprint density at radius 1 is 1.04 bits per heavy atom. The number of nitrogens with one attached hydrogen (secondary N) is 1. The van der Waals surface area contributed by atoms with Gasteiger partial charge in [0.15, 0.2) is 0 Å². The van der Waals surface area contributed by atoms with Crippen LogP contribution in [0.5, 0.6) is 0 Å². The van der Waals surface area contributed by atoms with E-state index < -0.39 is 11.4 Å². The van der Waals surface area contributed by atoms with E-state index in [1.165, 1.54) is 0 Å². The third-order valence-corrected chi connectivity index (χ3v) is 4.32. The fraction of sp³-hybridized carbons (Fsp3) is 0.300. The minimum absolute atomic E-state index is 0.0249. The lowest BCUT2D eigenvalue weighted by atomic mass is 9.82. The SMILES string of the molecule is CC(C)c1ccc(C(=O)NCC(C)(C(=O)O)c2ccccc2)cc1. The lowest BCUT2D eigenvalue weighted by Gasteiger charge is -2.25. The molecular formula is C20H23NO3. The Labute approximate surface area is 142 Å². The number of carbonyl (C=O) groups is 2. The monoisotopic (exact) mass is 325 g/mol. The molecule has 0 aromatic heterocycles. The maximum Gasteiger partial charge on any atom is 0.315 e. The molecule has 0 aliphatic rings. The molecule has 2 N–H and O–H groups in total. The third kappa shape index (κ3) is 3.82. The molecule has 0 spiro atoms. The molecule has 4 heteroatoms. The summed E-state index contributed by atoms with van der Waals surface area (Å²) in [6.07, 6.45) is 0. The maximum atomic E-state index is 12.3. The Morgan fingerprint density at radius 3 is 2.12 bits per heavy atom. The first-order valence-electron chi connectivity index (χ1n) is 8.01. The van der Waals surface area contributed by atoms with Crippen LogP contribution in [0.25, 0.3) is 0 Å². The molecule has 2 aromatic carbocycles. The molecule has 0 bridgehead atoms. The van der Waals surface area contributed by atoms with Crippen LogP contribution in [0.15, 0.2) is 54.6 Å². The Balaban J connectivity index is 2.12. The van der Waals surface area contributed by atoms with Crippen molar-refractivity contribution in [2.24, 2.45) is 0 Å². The van der Waals surface area contributed by atoms with Gasteiger partial charge in [-0.05, 0) is 36.1 Å². The number of amides is 1. The first-order valence-corrected chi connectivity index (χ1v) is 8.01. The topological polar surface area (TPSA) is 66.4 Å². The summed E-state index contributed by atoms with van der Waals surface area (Å²) >= 11 is 0. The predicted octanol–water partition coefficient (Wildman–Crippen LogP) is 3.58. The van der Waals surface area contributed by atoms with Crippen molar-refractivity contribution >= 4 is 11.9 Å². The van der Waals surface area contributed by atoms with Crippen LogP contribution in [0, 0.1) is 0 Å². The first-order chi connectivity index (χ1) is 11.3. The van der Waals surface area contributed by atoms with Gasteiger partial charge >= 0.3 is 5.97 Å². The van der Waals surface area contributed by atoms with E-state index in [0.717, 1.165) is 5.56 Å². The molecule has 2 aromatic rings. The molecule has 1 unspecified atom stereocenters. The summed E-state index contributed by atoms with van der Waals surface area (Å²) in [6, 6.07) is 16.3. The van der Waals surface area contributed by atoms with Gasteiger partial charge in [-0.1, -0.05) is 56.3 Å². The smallest absolute Gasteiger partial charge is 0.315 e. The number of benzene rings is 2. The van der Waals surface area contributed by atoms with E-state index in [0.29, 0.717) is 17.0 Å².